The Balaban J connectivity index is 2.71. The van der Waals surface area contributed by atoms with Gasteiger partial charge in [0, 0.05) is 6.42 Å². The van der Waals surface area contributed by atoms with E-state index < -0.39 is 11.4 Å². The zero-order valence-electron chi connectivity index (χ0n) is 9.82. The first-order valence-electron chi connectivity index (χ1n) is 5.42. The van der Waals surface area contributed by atoms with Crippen molar-refractivity contribution in [3.8, 4) is 5.88 Å². The van der Waals surface area contributed by atoms with E-state index in [-0.39, 0.29) is 16.2 Å². The quantitative estimate of drug-likeness (QED) is 0.360. The summed E-state index contributed by atoms with van der Waals surface area (Å²) in [6.07, 6.45) is 3.11. The largest absolute Gasteiger partial charge is 0.494 e. The lowest BCUT2D eigenvalue weighted by molar-refractivity contribution is -0.121. The number of aromatic nitrogens is 2. The van der Waals surface area contributed by atoms with Gasteiger partial charge in [-0.3, -0.25) is 14.6 Å². The van der Waals surface area contributed by atoms with Crippen molar-refractivity contribution in [3.63, 3.8) is 0 Å². The molecule has 0 unspecified atom stereocenters. The molecular formula is C10H14N4O3S. The van der Waals surface area contributed by atoms with Crippen LogP contribution in [0.4, 0.5) is 0 Å². The van der Waals surface area contributed by atoms with Crippen molar-refractivity contribution in [1.29, 1.82) is 0 Å². The van der Waals surface area contributed by atoms with Crippen LogP contribution in [0.1, 0.15) is 31.7 Å². The molecule has 1 rings (SSSR count). The van der Waals surface area contributed by atoms with Crippen molar-refractivity contribution >= 4 is 24.3 Å². The molecule has 0 spiro atoms. The summed E-state index contributed by atoms with van der Waals surface area (Å²) in [4.78, 5) is 27.3. The van der Waals surface area contributed by atoms with Crippen molar-refractivity contribution in [2.24, 2.45) is 5.10 Å². The summed E-state index contributed by atoms with van der Waals surface area (Å²) in [6.45, 7) is 1.97. The van der Waals surface area contributed by atoms with Crippen LogP contribution in [0.15, 0.2) is 9.90 Å². The molecule has 0 saturated heterocycles. The topological polar surface area (TPSA) is 110 Å². The lowest BCUT2D eigenvalue weighted by Gasteiger charge is -1.99. The number of H-pyrrole nitrogens is 2. The molecule has 0 aliphatic rings. The number of unbranched alkanes of at least 4 members (excludes halogenated alkanes) is 1. The number of rotatable bonds is 5. The maximum absolute atomic E-state index is 11.4. The second kappa shape index (κ2) is 6.70. The van der Waals surface area contributed by atoms with E-state index in [2.05, 4.69) is 32.7 Å². The molecule has 1 heterocycles. The van der Waals surface area contributed by atoms with Gasteiger partial charge in [0.15, 0.2) is 4.77 Å². The predicted molar refractivity (Wildman–Crippen MR) is 69.2 cm³/mol. The molecule has 8 heteroatoms. The number of aromatic hydroxyl groups is 1. The van der Waals surface area contributed by atoms with Crippen LogP contribution in [0.5, 0.6) is 5.88 Å². The summed E-state index contributed by atoms with van der Waals surface area (Å²) in [7, 11) is 0. The number of amides is 1. The molecule has 1 amide bonds. The van der Waals surface area contributed by atoms with E-state index in [1.807, 2.05) is 6.92 Å². The summed E-state index contributed by atoms with van der Waals surface area (Å²) >= 11 is 4.66. The van der Waals surface area contributed by atoms with E-state index in [0.29, 0.717) is 6.42 Å². The van der Waals surface area contributed by atoms with E-state index in [1.54, 1.807) is 0 Å². The highest BCUT2D eigenvalue weighted by Crippen LogP contribution is 2.03. The Bertz CT molecular complexity index is 561. The third-order valence-corrected chi connectivity index (χ3v) is 2.30. The number of aromatic amines is 2. The molecule has 18 heavy (non-hydrogen) atoms. The van der Waals surface area contributed by atoms with Crippen LogP contribution in [0, 0.1) is 4.77 Å². The molecule has 0 atom stereocenters. The number of carbonyl (C=O) groups excluding carboxylic acids is 1. The van der Waals surface area contributed by atoms with E-state index in [4.69, 9.17) is 0 Å². The number of carbonyl (C=O) groups is 1. The summed E-state index contributed by atoms with van der Waals surface area (Å²) in [5.41, 5.74) is 1.58. The minimum Gasteiger partial charge on any atom is -0.494 e. The van der Waals surface area contributed by atoms with Gasteiger partial charge in [-0.2, -0.15) is 5.10 Å². The van der Waals surface area contributed by atoms with E-state index in [0.717, 1.165) is 19.1 Å². The van der Waals surface area contributed by atoms with E-state index in [9.17, 15) is 14.7 Å². The van der Waals surface area contributed by atoms with Gasteiger partial charge in [-0.05, 0) is 18.6 Å². The number of hydrogen-bond acceptors (Lipinski definition) is 5. The molecule has 0 aromatic carbocycles. The van der Waals surface area contributed by atoms with Gasteiger partial charge >= 0.3 is 0 Å². The van der Waals surface area contributed by atoms with Crippen molar-refractivity contribution < 1.29 is 9.90 Å². The van der Waals surface area contributed by atoms with Crippen molar-refractivity contribution in [2.75, 3.05) is 0 Å². The summed E-state index contributed by atoms with van der Waals surface area (Å²) in [5.74, 6) is -0.636. The van der Waals surface area contributed by atoms with Crippen molar-refractivity contribution in [3.05, 3.63) is 20.7 Å². The van der Waals surface area contributed by atoms with Crippen LogP contribution in [-0.2, 0) is 4.79 Å². The average Bonchev–Trinajstić information content (AvgIpc) is 2.29. The van der Waals surface area contributed by atoms with E-state index in [1.165, 1.54) is 0 Å². The smallest absolute Gasteiger partial charge is 0.264 e. The Morgan fingerprint density at radius 1 is 1.56 bits per heavy atom. The maximum atomic E-state index is 11.4. The second-order valence-electron chi connectivity index (χ2n) is 3.57. The number of hydrogen-bond donors (Lipinski definition) is 4. The van der Waals surface area contributed by atoms with Gasteiger partial charge in [0.25, 0.3) is 5.56 Å². The van der Waals surface area contributed by atoms with Gasteiger partial charge < -0.3 is 10.1 Å². The molecule has 98 valence electrons. The van der Waals surface area contributed by atoms with Crippen molar-refractivity contribution in [2.45, 2.75) is 26.2 Å². The predicted octanol–water partition coefficient (Wildman–Crippen LogP) is 0.778. The Morgan fingerprint density at radius 3 is 2.89 bits per heavy atom. The summed E-state index contributed by atoms with van der Waals surface area (Å²) < 4.78 is 0.0154. The molecule has 1 aromatic rings. The zero-order valence-corrected chi connectivity index (χ0v) is 10.6. The van der Waals surface area contributed by atoms with Crippen LogP contribution in [-0.4, -0.2) is 27.2 Å². The van der Waals surface area contributed by atoms with Crippen LogP contribution in [0.3, 0.4) is 0 Å². The molecule has 0 aliphatic heterocycles. The van der Waals surface area contributed by atoms with Gasteiger partial charge in [-0.1, -0.05) is 13.3 Å². The number of nitrogens with zero attached hydrogens (tertiary/aromatic N) is 1. The molecule has 4 N–H and O–H groups in total. The van der Waals surface area contributed by atoms with Gasteiger partial charge in [0.05, 0.1) is 6.21 Å². The SMILES string of the molecule is CCCCC(=O)NN=Cc1c(O)[nH]c(=S)[nH]c1=O. The first-order valence-corrected chi connectivity index (χ1v) is 5.83. The normalized spacial score (nSPS) is 10.7. The lowest BCUT2D eigenvalue weighted by Crippen LogP contribution is -2.19. The Hall–Kier alpha value is -1.96. The molecule has 1 aromatic heterocycles. The minimum absolute atomic E-state index is 0.0154. The van der Waals surface area contributed by atoms with Gasteiger partial charge in [0.2, 0.25) is 11.8 Å². The Kier molecular flexibility index (Phi) is 5.25. The van der Waals surface area contributed by atoms with Crippen LogP contribution < -0.4 is 11.0 Å². The van der Waals surface area contributed by atoms with Gasteiger partial charge in [-0.15, -0.1) is 0 Å². The van der Waals surface area contributed by atoms with Crippen LogP contribution in [0.25, 0.3) is 0 Å². The minimum atomic E-state index is -0.581. The molecule has 0 radical (unpaired) electrons. The zero-order chi connectivity index (χ0) is 13.5. The van der Waals surface area contributed by atoms with Crippen molar-refractivity contribution in [1.82, 2.24) is 15.4 Å². The highest BCUT2D eigenvalue weighted by Gasteiger charge is 2.04. The molecule has 7 nitrogen and oxygen atoms in total. The molecule has 0 aliphatic carbocycles. The van der Waals surface area contributed by atoms with Gasteiger partial charge in [0.1, 0.15) is 5.56 Å². The van der Waals surface area contributed by atoms with Crippen LogP contribution >= 0.6 is 12.2 Å². The van der Waals surface area contributed by atoms with Gasteiger partial charge in [-0.25, -0.2) is 5.43 Å². The highest BCUT2D eigenvalue weighted by molar-refractivity contribution is 7.71. The molecule has 0 saturated carbocycles. The first kappa shape index (κ1) is 14.1. The maximum Gasteiger partial charge on any atom is 0.264 e. The summed E-state index contributed by atoms with van der Waals surface area (Å²) in [5, 5.41) is 13.0. The first-order chi connectivity index (χ1) is 8.54. The molecule has 0 bridgehead atoms. The van der Waals surface area contributed by atoms with Crippen LogP contribution in [0.2, 0.25) is 0 Å². The fourth-order valence-corrected chi connectivity index (χ4v) is 1.36. The molecule has 0 fully saturated rings. The monoisotopic (exact) mass is 270 g/mol. The van der Waals surface area contributed by atoms with E-state index >= 15 is 0 Å². The highest BCUT2D eigenvalue weighted by atomic mass is 32.1. The summed E-state index contributed by atoms with van der Waals surface area (Å²) in [6, 6.07) is 0. The Labute approximate surface area is 108 Å². The number of hydrazone groups is 1. The average molecular weight is 270 g/mol. The third kappa shape index (κ3) is 4.13. The fraction of sp³-hybridized carbons (Fsp3) is 0.400. The fourth-order valence-electron chi connectivity index (χ4n) is 1.17. The standard InChI is InChI=1S/C10H14N4O3S/c1-2-3-4-7(15)14-11-5-6-8(16)12-10(18)13-9(6)17/h5H,2-4H2,1H3,(H,14,15)(H3,12,13,16,17,18). The third-order valence-electron chi connectivity index (χ3n) is 2.10. The molecular weight excluding hydrogens is 256 g/mol. The second-order valence-corrected chi connectivity index (χ2v) is 3.98. The number of nitrogens with one attached hydrogen (secondary N) is 3. The Morgan fingerprint density at radius 2 is 2.28 bits per heavy atom. The lowest BCUT2D eigenvalue weighted by atomic mass is 10.2.